The first-order chi connectivity index (χ1) is 6.33. The van der Waals surface area contributed by atoms with E-state index in [1.165, 1.54) is 0 Å². The summed E-state index contributed by atoms with van der Waals surface area (Å²) in [6, 6.07) is 9.47. The van der Waals surface area contributed by atoms with Crippen LogP contribution in [0.25, 0.3) is 1.43 Å². The first-order valence-corrected chi connectivity index (χ1v) is 3.60. The Morgan fingerprint density at radius 2 is 2.25 bits per heavy atom. The Morgan fingerprint density at radius 3 is 2.92 bits per heavy atom. The van der Waals surface area contributed by atoms with Crippen LogP contribution in [0.15, 0.2) is 30.3 Å². The van der Waals surface area contributed by atoms with E-state index in [0.717, 1.165) is 5.56 Å². The van der Waals surface area contributed by atoms with Crippen LogP contribution in [0.3, 0.4) is 0 Å². The molecule has 3 nitrogen and oxygen atoms in total. The molecule has 0 heterocycles. The molecule has 64 valence electrons. The van der Waals surface area contributed by atoms with E-state index in [9.17, 15) is 4.79 Å². The maximum absolute atomic E-state index is 10.5. The fraction of sp³-hybridized carbons (Fsp3) is 0.222. The Bertz CT molecular complexity index is 261. The predicted molar refractivity (Wildman–Crippen MR) is 43.7 cm³/mol. The number of carbonyl (C=O) groups is 1. The third kappa shape index (κ3) is 3.16. The summed E-state index contributed by atoms with van der Waals surface area (Å²) in [6.07, 6.45) is 0. The van der Waals surface area contributed by atoms with E-state index in [0.29, 0.717) is 6.61 Å². The third-order valence-electron chi connectivity index (χ3n) is 1.33. The molecule has 1 N–H and O–H groups in total. The van der Waals surface area contributed by atoms with Gasteiger partial charge in [-0.05, 0) is 5.56 Å². The molecule has 0 aromatic heterocycles. The van der Waals surface area contributed by atoms with E-state index in [1.54, 1.807) is 0 Å². The molecule has 0 unspecified atom stereocenters. The van der Waals surface area contributed by atoms with E-state index in [-0.39, 0.29) is 6.61 Å². The number of ether oxygens (including phenoxy) is 1. The zero-order chi connectivity index (χ0) is 9.52. The van der Waals surface area contributed by atoms with Gasteiger partial charge in [0, 0.05) is 0 Å². The molecule has 0 saturated carbocycles. The Hall–Kier alpha value is -1.35. The number of aliphatic carboxylic acids is 1. The van der Waals surface area contributed by atoms with Gasteiger partial charge in [0.05, 0.1) is 6.61 Å². The monoisotopic (exact) mass is 167 g/mol. The van der Waals surface area contributed by atoms with Crippen LogP contribution >= 0.6 is 0 Å². The average Bonchev–Trinajstić information content (AvgIpc) is 2.19. The number of carboxylic acid groups (broad SMARTS) is 1. The summed E-state index contributed by atoms with van der Waals surface area (Å²) in [5.74, 6) is -0.684. The van der Waals surface area contributed by atoms with Crippen LogP contribution in [-0.2, 0) is 16.1 Å². The summed E-state index contributed by atoms with van der Waals surface area (Å²) < 4.78 is 11.2. The second kappa shape index (κ2) is 4.51. The first-order valence-electron chi connectivity index (χ1n) is 4.01. The number of carboxylic acids is 1. The van der Waals surface area contributed by atoms with Crippen molar-refractivity contribution in [3.63, 3.8) is 0 Å². The lowest BCUT2D eigenvalue weighted by Crippen LogP contribution is -2.06. The molecule has 0 aliphatic heterocycles. The number of benzene rings is 1. The van der Waals surface area contributed by atoms with Crippen LogP contribution in [-0.4, -0.2) is 17.7 Å². The van der Waals surface area contributed by atoms with Gasteiger partial charge >= 0.3 is 5.97 Å². The molecule has 0 atom stereocenters. The summed E-state index contributed by atoms with van der Waals surface area (Å²) in [5, 5.41) is 3.67. The van der Waals surface area contributed by atoms with Crippen molar-refractivity contribution in [1.29, 1.82) is 1.43 Å². The normalized spacial score (nSPS) is 10.5. The van der Waals surface area contributed by atoms with Crippen molar-refractivity contribution >= 4 is 5.97 Å². The fourth-order valence-electron chi connectivity index (χ4n) is 0.826. The molecular formula is C9H10O3. The molecule has 0 radical (unpaired) electrons. The number of hydrogen-bond donors (Lipinski definition) is 1. The lowest BCUT2D eigenvalue weighted by Gasteiger charge is -1.99. The van der Waals surface area contributed by atoms with Crippen molar-refractivity contribution in [2.45, 2.75) is 6.61 Å². The second-order valence-corrected chi connectivity index (χ2v) is 2.35. The molecule has 1 aromatic carbocycles. The summed E-state index contributed by atoms with van der Waals surface area (Å²) in [4.78, 5) is 10.5. The van der Waals surface area contributed by atoms with Crippen LogP contribution in [0.4, 0.5) is 0 Å². The van der Waals surface area contributed by atoms with E-state index in [4.69, 9.17) is 6.17 Å². The summed E-state index contributed by atoms with van der Waals surface area (Å²) in [7, 11) is 0. The molecule has 1 aromatic rings. The Kier molecular flexibility index (Phi) is 2.75. The van der Waals surface area contributed by atoms with Crippen molar-refractivity contribution in [2.75, 3.05) is 6.61 Å². The largest absolute Gasteiger partial charge is 0.480 e. The van der Waals surface area contributed by atoms with Gasteiger partial charge in [0.15, 0.2) is 0 Å². The lowest BCUT2D eigenvalue weighted by molar-refractivity contribution is -0.142. The van der Waals surface area contributed by atoms with Crippen LogP contribution in [0.1, 0.15) is 5.56 Å². The minimum absolute atomic E-state index is 0.182. The Balaban J connectivity index is 2.24. The third-order valence-corrected chi connectivity index (χ3v) is 1.33. The van der Waals surface area contributed by atoms with E-state index in [1.807, 2.05) is 30.3 Å². The minimum atomic E-state index is -0.684. The van der Waals surface area contributed by atoms with Crippen molar-refractivity contribution in [1.82, 2.24) is 0 Å². The molecular weight excluding hydrogens is 156 g/mol. The molecule has 0 fully saturated rings. The molecule has 0 spiro atoms. The Morgan fingerprint density at radius 1 is 1.50 bits per heavy atom. The van der Waals surface area contributed by atoms with E-state index < -0.39 is 5.97 Å². The van der Waals surface area contributed by atoms with Crippen molar-refractivity contribution < 1.29 is 14.6 Å². The highest BCUT2D eigenvalue weighted by molar-refractivity contribution is 5.67. The molecule has 0 aliphatic rings. The standard InChI is InChI=1S/C9H10O3/c10-9(11)7-12-6-8-4-2-1-3-5-8/h1-5H,6-7H2,(H,10,11)/i/hD. The molecule has 1 rings (SSSR count). The van der Waals surface area contributed by atoms with Gasteiger partial charge in [0.2, 0.25) is 0 Å². The number of hydrogen-bond acceptors (Lipinski definition) is 3. The molecule has 12 heavy (non-hydrogen) atoms. The molecule has 0 bridgehead atoms. The maximum atomic E-state index is 10.5. The average molecular weight is 167 g/mol. The van der Waals surface area contributed by atoms with Gasteiger partial charge in [-0.25, -0.2) is 4.79 Å². The predicted octanol–water partition coefficient (Wildman–Crippen LogP) is 1.29. The molecule has 0 aliphatic carbocycles. The second-order valence-electron chi connectivity index (χ2n) is 2.35. The lowest BCUT2D eigenvalue weighted by atomic mass is 10.2. The van der Waals surface area contributed by atoms with Gasteiger partial charge in [0.1, 0.15) is 6.61 Å². The quantitative estimate of drug-likeness (QED) is 0.734. The van der Waals surface area contributed by atoms with E-state index >= 15 is 0 Å². The maximum Gasteiger partial charge on any atom is 0.329 e. The topological polar surface area (TPSA) is 46.5 Å². The minimum Gasteiger partial charge on any atom is -0.480 e. The van der Waals surface area contributed by atoms with Crippen LogP contribution in [0.2, 0.25) is 0 Å². The van der Waals surface area contributed by atoms with Gasteiger partial charge in [-0.1, -0.05) is 30.3 Å². The molecule has 0 amide bonds. The molecule has 0 saturated heterocycles. The van der Waals surface area contributed by atoms with Gasteiger partial charge in [0.25, 0.3) is 1.43 Å². The number of rotatable bonds is 4. The van der Waals surface area contributed by atoms with E-state index in [2.05, 4.69) is 5.11 Å². The smallest absolute Gasteiger partial charge is 0.329 e. The highest BCUT2D eigenvalue weighted by atomic mass is 16.5. The summed E-state index contributed by atoms with van der Waals surface area (Å²) >= 11 is 0. The van der Waals surface area contributed by atoms with Gasteiger partial charge < -0.3 is 9.85 Å². The van der Waals surface area contributed by atoms with Crippen LogP contribution in [0.5, 0.6) is 0 Å². The summed E-state index contributed by atoms with van der Waals surface area (Å²) in [6.45, 7) is 0.175. The fourth-order valence-corrected chi connectivity index (χ4v) is 0.826. The molecule has 3 heteroatoms. The summed E-state index contributed by atoms with van der Waals surface area (Å²) in [5.41, 5.74) is 0.986. The zero-order valence-corrected chi connectivity index (χ0v) is 6.53. The van der Waals surface area contributed by atoms with Crippen molar-refractivity contribution in [2.24, 2.45) is 0 Å². The zero-order valence-electron chi connectivity index (χ0n) is 7.53. The van der Waals surface area contributed by atoms with Crippen LogP contribution in [0, 0.1) is 0 Å². The van der Waals surface area contributed by atoms with Crippen molar-refractivity contribution in [3.05, 3.63) is 35.9 Å². The van der Waals surface area contributed by atoms with Gasteiger partial charge in [-0.15, -0.1) is 0 Å². The Labute approximate surface area is 72.1 Å². The van der Waals surface area contributed by atoms with Gasteiger partial charge in [-0.2, -0.15) is 0 Å². The highest BCUT2D eigenvalue weighted by Crippen LogP contribution is 1.99. The van der Waals surface area contributed by atoms with Crippen molar-refractivity contribution in [3.8, 4) is 0 Å². The SMILES string of the molecule is [2H]OC(=O)COCc1ccccc1. The highest BCUT2D eigenvalue weighted by Gasteiger charge is 1.96. The van der Waals surface area contributed by atoms with Crippen LogP contribution < -0.4 is 0 Å². The van der Waals surface area contributed by atoms with Gasteiger partial charge in [-0.3, -0.25) is 0 Å². The first kappa shape index (κ1) is 7.31.